The van der Waals surface area contributed by atoms with Crippen LogP contribution >= 0.6 is 11.3 Å². The number of nitrogens with zero attached hydrogens (tertiary/aromatic N) is 2. The largest absolute Gasteiger partial charge is 0.445 e. The van der Waals surface area contributed by atoms with Crippen molar-refractivity contribution in [2.45, 2.75) is 6.54 Å². The Bertz CT molecular complexity index is 554. The number of hydrogen-bond acceptors (Lipinski definition) is 5. The van der Waals surface area contributed by atoms with Crippen LogP contribution in [-0.4, -0.2) is 22.7 Å². The van der Waals surface area contributed by atoms with Gasteiger partial charge in [-0.2, -0.15) is 0 Å². The number of hydrogen-bond donors (Lipinski definition) is 1. The van der Waals surface area contributed by atoms with Gasteiger partial charge in [0.15, 0.2) is 0 Å². The van der Waals surface area contributed by atoms with E-state index in [1.165, 1.54) is 17.4 Å². The van der Waals surface area contributed by atoms with Gasteiger partial charge in [-0.3, -0.25) is 4.98 Å². The molecule has 0 aliphatic rings. The van der Waals surface area contributed by atoms with E-state index in [4.69, 9.17) is 4.74 Å². The van der Waals surface area contributed by atoms with Gasteiger partial charge in [0.25, 0.3) is 0 Å². The molecule has 0 spiro atoms. The molecular weight excluding hydrogens is 262 g/mol. The number of carbonyl (C=O) groups excluding carboxylic acids is 1. The molecule has 2 rings (SSSR count). The lowest BCUT2D eigenvalue weighted by Crippen LogP contribution is -2.23. The monoisotopic (exact) mass is 275 g/mol. The van der Waals surface area contributed by atoms with Gasteiger partial charge in [-0.15, -0.1) is 11.3 Å². The van der Waals surface area contributed by atoms with E-state index in [2.05, 4.69) is 21.9 Å². The second-order valence-electron chi connectivity index (χ2n) is 3.63. The fraction of sp³-hybridized carbons (Fsp3) is 0.154. The first kappa shape index (κ1) is 13.2. The first-order chi connectivity index (χ1) is 9.29. The zero-order valence-electron chi connectivity index (χ0n) is 10.2. The van der Waals surface area contributed by atoms with Gasteiger partial charge in [0.1, 0.15) is 11.6 Å². The third-order valence-corrected chi connectivity index (χ3v) is 3.15. The van der Waals surface area contributed by atoms with Crippen LogP contribution in [0.5, 0.6) is 0 Å². The maximum Gasteiger partial charge on any atom is 0.407 e. The average Bonchev–Trinajstić information content (AvgIpc) is 2.93. The van der Waals surface area contributed by atoms with Crippen molar-refractivity contribution in [3.8, 4) is 10.6 Å². The predicted octanol–water partition coefficient (Wildman–Crippen LogP) is 2.62. The molecule has 0 aliphatic carbocycles. The van der Waals surface area contributed by atoms with E-state index >= 15 is 0 Å². The molecule has 2 aromatic heterocycles. The van der Waals surface area contributed by atoms with Gasteiger partial charge in [0, 0.05) is 23.3 Å². The van der Waals surface area contributed by atoms with Crippen LogP contribution in [0.2, 0.25) is 0 Å². The summed E-state index contributed by atoms with van der Waals surface area (Å²) in [6.07, 6.45) is 4.52. The summed E-state index contributed by atoms with van der Waals surface area (Å²) in [4.78, 5) is 19.7. The van der Waals surface area contributed by atoms with E-state index in [0.29, 0.717) is 6.54 Å². The lowest BCUT2D eigenvalue weighted by molar-refractivity contribution is 0.157. The molecule has 19 heavy (non-hydrogen) atoms. The molecule has 0 radical (unpaired) electrons. The molecule has 5 nitrogen and oxygen atoms in total. The highest BCUT2D eigenvalue weighted by Gasteiger charge is 2.06. The Labute approximate surface area is 115 Å². The minimum atomic E-state index is -0.476. The molecule has 2 heterocycles. The Morgan fingerprint density at radius 3 is 3.21 bits per heavy atom. The Kier molecular flexibility index (Phi) is 4.63. The lowest BCUT2D eigenvalue weighted by atomic mass is 10.3. The zero-order valence-corrected chi connectivity index (χ0v) is 11.0. The summed E-state index contributed by atoms with van der Waals surface area (Å²) < 4.78 is 4.80. The molecule has 0 bridgehead atoms. The van der Waals surface area contributed by atoms with Crippen LogP contribution in [-0.2, 0) is 11.3 Å². The van der Waals surface area contributed by atoms with E-state index in [1.54, 1.807) is 12.4 Å². The smallest absolute Gasteiger partial charge is 0.407 e. The topological polar surface area (TPSA) is 64.1 Å². The van der Waals surface area contributed by atoms with Crippen LogP contribution in [0.1, 0.15) is 5.69 Å². The van der Waals surface area contributed by atoms with Crippen molar-refractivity contribution in [2.75, 3.05) is 6.61 Å². The fourth-order valence-corrected chi connectivity index (χ4v) is 2.17. The summed E-state index contributed by atoms with van der Waals surface area (Å²) in [7, 11) is 0. The second kappa shape index (κ2) is 6.65. The van der Waals surface area contributed by atoms with Crippen molar-refractivity contribution < 1.29 is 9.53 Å². The SMILES string of the molecule is C=CCOC(=O)NCc1csc(-c2cccnc2)n1. The van der Waals surface area contributed by atoms with Gasteiger partial charge in [-0.05, 0) is 12.1 Å². The Hall–Kier alpha value is -2.21. The highest BCUT2D eigenvalue weighted by Crippen LogP contribution is 2.22. The maximum atomic E-state index is 11.2. The van der Waals surface area contributed by atoms with Gasteiger partial charge in [-0.1, -0.05) is 12.7 Å². The maximum absolute atomic E-state index is 11.2. The number of rotatable bonds is 5. The molecule has 0 aliphatic heterocycles. The quantitative estimate of drug-likeness (QED) is 0.852. The minimum absolute atomic E-state index is 0.198. The molecule has 0 unspecified atom stereocenters. The van der Waals surface area contributed by atoms with E-state index in [-0.39, 0.29) is 6.61 Å². The summed E-state index contributed by atoms with van der Waals surface area (Å²) in [5, 5.41) is 5.40. The molecule has 0 aromatic carbocycles. The van der Waals surface area contributed by atoms with Gasteiger partial charge in [-0.25, -0.2) is 9.78 Å². The molecule has 98 valence electrons. The Balaban J connectivity index is 1.91. The van der Waals surface area contributed by atoms with Crippen LogP contribution in [0.25, 0.3) is 10.6 Å². The highest BCUT2D eigenvalue weighted by atomic mass is 32.1. The van der Waals surface area contributed by atoms with Crippen LogP contribution in [0.15, 0.2) is 42.6 Å². The number of aromatic nitrogens is 2. The van der Waals surface area contributed by atoms with E-state index in [9.17, 15) is 4.79 Å². The summed E-state index contributed by atoms with van der Waals surface area (Å²) in [6.45, 7) is 4.00. The number of pyridine rings is 1. The Morgan fingerprint density at radius 2 is 2.47 bits per heavy atom. The second-order valence-corrected chi connectivity index (χ2v) is 4.48. The highest BCUT2D eigenvalue weighted by molar-refractivity contribution is 7.13. The van der Waals surface area contributed by atoms with E-state index < -0.39 is 6.09 Å². The lowest BCUT2D eigenvalue weighted by Gasteiger charge is -2.02. The van der Waals surface area contributed by atoms with Gasteiger partial charge >= 0.3 is 6.09 Å². The van der Waals surface area contributed by atoms with Crippen LogP contribution in [0, 0.1) is 0 Å². The number of amides is 1. The van der Waals surface area contributed by atoms with Gasteiger partial charge in [0.05, 0.1) is 12.2 Å². The molecule has 0 atom stereocenters. The predicted molar refractivity (Wildman–Crippen MR) is 73.7 cm³/mol. The van der Waals surface area contributed by atoms with Crippen molar-refractivity contribution in [3.05, 3.63) is 48.3 Å². The molecule has 2 aromatic rings. The summed E-state index contributed by atoms with van der Waals surface area (Å²) >= 11 is 1.51. The third-order valence-electron chi connectivity index (χ3n) is 2.21. The van der Waals surface area contributed by atoms with Gasteiger partial charge in [0.2, 0.25) is 0 Å². The molecular formula is C13H13N3O2S. The minimum Gasteiger partial charge on any atom is -0.445 e. The number of nitrogens with one attached hydrogen (secondary N) is 1. The number of ether oxygens (including phenoxy) is 1. The molecule has 6 heteroatoms. The molecule has 1 N–H and O–H groups in total. The van der Waals surface area contributed by atoms with Crippen molar-refractivity contribution in [1.82, 2.24) is 15.3 Å². The normalized spacial score (nSPS) is 9.89. The molecule has 0 saturated heterocycles. The average molecular weight is 275 g/mol. The van der Waals surface area contributed by atoms with Crippen LogP contribution in [0.4, 0.5) is 4.79 Å². The number of carbonyl (C=O) groups is 1. The summed E-state index contributed by atoms with van der Waals surface area (Å²) in [6, 6.07) is 3.81. The van der Waals surface area contributed by atoms with E-state index in [1.807, 2.05) is 17.5 Å². The fourth-order valence-electron chi connectivity index (χ4n) is 1.36. The summed E-state index contributed by atoms with van der Waals surface area (Å²) in [5.74, 6) is 0. The van der Waals surface area contributed by atoms with Crippen LogP contribution in [0.3, 0.4) is 0 Å². The first-order valence-corrected chi connectivity index (χ1v) is 6.54. The van der Waals surface area contributed by atoms with Gasteiger partial charge < -0.3 is 10.1 Å². The summed E-state index contributed by atoms with van der Waals surface area (Å²) in [5.41, 5.74) is 1.76. The third kappa shape index (κ3) is 3.89. The van der Waals surface area contributed by atoms with E-state index in [0.717, 1.165) is 16.3 Å². The first-order valence-electron chi connectivity index (χ1n) is 5.66. The van der Waals surface area contributed by atoms with Crippen molar-refractivity contribution >= 4 is 17.4 Å². The zero-order chi connectivity index (χ0) is 13.5. The molecule has 1 amide bonds. The van der Waals surface area contributed by atoms with Crippen molar-refractivity contribution in [2.24, 2.45) is 0 Å². The number of thiazole rings is 1. The molecule has 0 saturated carbocycles. The Morgan fingerprint density at radius 1 is 1.58 bits per heavy atom. The number of alkyl carbamates (subject to hydrolysis) is 1. The molecule has 0 fully saturated rings. The standard InChI is InChI=1S/C13H13N3O2S/c1-2-6-18-13(17)15-8-11-9-19-12(16-11)10-4-3-5-14-7-10/h2-5,7,9H,1,6,8H2,(H,15,17). The van der Waals surface area contributed by atoms with Crippen LogP contribution < -0.4 is 5.32 Å². The van der Waals surface area contributed by atoms with Crippen molar-refractivity contribution in [3.63, 3.8) is 0 Å². The van der Waals surface area contributed by atoms with Crippen molar-refractivity contribution in [1.29, 1.82) is 0 Å².